The molecule has 2 fully saturated rings. The predicted octanol–water partition coefficient (Wildman–Crippen LogP) is 0.0151. The van der Waals surface area contributed by atoms with Crippen molar-refractivity contribution in [3.63, 3.8) is 0 Å². The van der Waals surface area contributed by atoms with Gasteiger partial charge in [-0.2, -0.15) is 0 Å². The Morgan fingerprint density at radius 2 is 2.11 bits per heavy atom. The van der Waals surface area contributed by atoms with E-state index in [9.17, 15) is 5.11 Å². The van der Waals surface area contributed by atoms with Gasteiger partial charge in [-0.1, -0.05) is 30.3 Å². The highest BCUT2D eigenvalue weighted by Crippen LogP contribution is 2.29. The molecule has 2 heterocycles. The van der Waals surface area contributed by atoms with E-state index in [0.717, 1.165) is 5.56 Å². The third-order valence-corrected chi connectivity index (χ3v) is 3.45. The van der Waals surface area contributed by atoms with E-state index in [1.807, 2.05) is 30.3 Å². The van der Waals surface area contributed by atoms with Gasteiger partial charge in [0, 0.05) is 0 Å². The molecule has 2 saturated heterocycles. The van der Waals surface area contributed by atoms with Gasteiger partial charge in [-0.3, -0.25) is 0 Å². The van der Waals surface area contributed by atoms with Crippen molar-refractivity contribution >= 4 is 0 Å². The van der Waals surface area contributed by atoms with Crippen molar-refractivity contribution < 1.29 is 19.3 Å². The van der Waals surface area contributed by atoms with Crippen molar-refractivity contribution in [2.45, 2.75) is 37.3 Å². The molecule has 5 atom stereocenters. The van der Waals surface area contributed by atoms with Crippen LogP contribution in [0.3, 0.4) is 0 Å². The van der Waals surface area contributed by atoms with Crippen LogP contribution in [0.15, 0.2) is 30.3 Å². The maximum absolute atomic E-state index is 10.1. The highest BCUT2D eigenvalue weighted by atomic mass is 16.7. The Hall–Kier alpha value is -0.980. The molecule has 2 aliphatic heterocycles. The molecule has 1 aromatic rings. The highest BCUT2D eigenvalue weighted by molar-refractivity contribution is 5.13. The Balaban J connectivity index is 1.65. The SMILES string of the molecule is N[C@H]1[C@H](O)[C@@H](OCc2ccccc2)[C@@H]2OC[C@H]1O2. The molecule has 3 rings (SSSR count). The molecule has 0 aromatic heterocycles. The quantitative estimate of drug-likeness (QED) is 0.792. The molecule has 0 radical (unpaired) electrons. The monoisotopic (exact) mass is 251 g/mol. The van der Waals surface area contributed by atoms with Crippen molar-refractivity contribution in [3.8, 4) is 0 Å². The second kappa shape index (κ2) is 4.95. The molecule has 0 aliphatic carbocycles. The summed E-state index contributed by atoms with van der Waals surface area (Å²) < 4.78 is 16.7. The van der Waals surface area contributed by atoms with Gasteiger partial charge in [0.1, 0.15) is 18.3 Å². The summed E-state index contributed by atoms with van der Waals surface area (Å²) in [6.07, 6.45) is -2.01. The molecule has 1 aromatic carbocycles. The lowest BCUT2D eigenvalue weighted by Crippen LogP contribution is -2.58. The molecule has 3 N–H and O–H groups in total. The fraction of sp³-hybridized carbons (Fsp3) is 0.538. The molecular weight excluding hydrogens is 234 g/mol. The number of benzene rings is 1. The minimum Gasteiger partial charge on any atom is -0.388 e. The normalized spacial score (nSPS) is 38.9. The van der Waals surface area contributed by atoms with Gasteiger partial charge in [-0.25, -0.2) is 0 Å². The molecule has 0 unspecified atom stereocenters. The smallest absolute Gasteiger partial charge is 0.186 e. The highest BCUT2D eigenvalue weighted by Gasteiger charge is 2.49. The molecule has 5 nitrogen and oxygen atoms in total. The molecule has 98 valence electrons. The molecule has 2 aliphatic rings. The van der Waals surface area contributed by atoms with Gasteiger partial charge in [-0.15, -0.1) is 0 Å². The van der Waals surface area contributed by atoms with Gasteiger partial charge in [-0.05, 0) is 5.56 Å². The number of ether oxygens (including phenoxy) is 3. The Kier molecular flexibility index (Phi) is 3.32. The lowest BCUT2D eigenvalue weighted by atomic mass is 9.99. The summed E-state index contributed by atoms with van der Waals surface area (Å²) in [6, 6.07) is 9.32. The molecule has 0 saturated carbocycles. The van der Waals surface area contributed by atoms with E-state index in [2.05, 4.69) is 0 Å². The van der Waals surface area contributed by atoms with Crippen LogP contribution in [0.5, 0.6) is 0 Å². The standard InChI is InChI=1S/C13H17NO4/c14-10-9-7-17-13(18-9)12(11(10)15)16-6-8-4-2-1-3-5-8/h1-5,9-13,15H,6-7,14H2/t9-,10-,11+,12-,13-/m1/s1. The topological polar surface area (TPSA) is 73.9 Å². The van der Waals surface area contributed by atoms with Crippen molar-refractivity contribution in [3.05, 3.63) is 35.9 Å². The number of hydrogen-bond donors (Lipinski definition) is 2. The average molecular weight is 251 g/mol. The first-order valence-corrected chi connectivity index (χ1v) is 6.12. The van der Waals surface area contributed by atoms with E-state index < -0.39 is 24.5 Å². The Labute approximate surface area is 105 Å². The largest absolute Gasteiger partial charge is 0.388 e. The van der Waals surface area contributed by atoms with E-state index in [1.54, 1.807) is 0 Å². The summed E-state index contributed by atoms with van der Waals surface area (Å²) in [7, 11) is 0. The van der Waals surface area contributed by atoms with Crippen molar-refractivity contribution in [2.24, 2.45) is 5.73 Å². The molecule has 2 bridgehead atoms. The van der Waals surface area contributed by atoms with Gasteiger partial charge in [0.05, 0.1) is 19.3 Å². The van der Waals surface area contributed by atoms with Gasteiger partial charge in [0.25, 0.3) is 0 Å². The van der Waals surface area contributed by atoms with Crippen LogP contribution in [0.25, 0.3) is 0 Å². The van der Waals surface area contributed by atoms with Gasteiger partial charge < -0.3 is 25.1 Å². The van der Waals surface area contributed by atoms with Crippen LogP contribution in [0.2, 0.25) is 0 Å². The van der Waals surface area contributed by atoms with Crippen LogP contribution in [0.1, 0.15) is 5.56 Å². The second-order valence-corrected chi connectivity index (χ2v) is 4.71. The molecule has 5 heteroatoms. The number of aliphatic hydroxyl groups is 1. The first-order chi connectivity index (χ1) is 8.75. The van der Waals surface area contributed by atoms with Gasteiger partial charge >= 0.3 is 0 Å². The van der Waals surface area contributed by atoms with Gasteiger partial charge in [0.15, 0.2) is 6.29 Å². The first kappa shape index (κ1) is 12.1. The summed E-state index contributed by atoms with van der Waals surface area (Å²) in [4.78, 5) is 0. The Morgan fingerprint density at radius 3 is 2.89 bits per heavy atom. The summed E-state index contributed by atoms with van der Waals surface area (Å²) in [5.74, 6) is 0. The fourth-order valence-electron chi connectivity index (χ4n) is 2.36. The number of hydrogen-bond acceptors (Lipinski definition) is 5. The van der Waals surface area contributed by atoms with E-state index in [-0.39, 0.29) is 6.10 Å². The lowest BCUT2D eigenvalue weighted by molar-refractivity contribution is -0.220. The molecule has 0 amide bonds. The number of rotatable bonds is 3. The van der Waals surface area contributed by atoms with Crippen LogP contribution in [-0.2, 0) is 20.8 Å². The molecule has 0 spiro atoms. The zero-order valence-electron chi connectivity index (χ0n) is 9.94. The molecular formula is C13H17NO4. The number of aliphatic hydroxyl groups excluding tert-OH is 1. The van der Waals surface area contributed by atoms with Crippen LogP contribution in [-0.4, -0.2) is 42.4 Å². The van der Waals surface area contributed by atoms with E-state index in [4.69, 9.17) is 19.9 Å². The maximum atomic E-state index is 10.1. The third-order valence-electron chi connectivity index (χ3n) is 3.45. The van der Waals surface area contributed by atoms with Crippen molar-refractivity contribution in [2.75, 3.05) is 6.61 Å². The van der Waals surface area contributed by atoms with Crippen LogP contribution in [0.4, 0.5) is 0 Å². The van der Waals surface area contributed by atoms with Crippen molar-refractivity contribution in [1.82, 2.24) is 0 Å². The first-order valence-electron chi connectivity index (χ1n) is 6.12. The Bertz CT molecular complexity index is 399. The predicted molar refractivity (Wildman–Crippen MR) is 63.6 cm³/mol. The van der Waals surface area contributed by atoms with E-state index >= 15 is 0 Å². The summed E-state index contributed by atoms with van der Waals surface area (Å²) in [5.41, 5.74) is 6.92. The maximum Gasteiger partial charge on any atom is 0.186 e. The fourth-order valence-corrected chi connectivity index (χ4v) is 2.36. The minimum absolute atomic E-state index is 0.221. The van der Waals surface area contributed by atoms with E-state index in [1.165, 1.54) is 0 Å². The Morgan fingerprint density at radius 1 is 1.33 bits per heavy atom. The summed E-state index contributed by atoms with van der Waals surface area (Å²) >= 11 is 0. The van der Waals surface area contributed by atoms with Gasteiger partial charge in [0.2, 0.25) is 0 Å². The number of nitrogens with two attached hydrogens (primary N) is 1. The lowest BCUT2D eigenvalue weighted by Gasteiger charge is -2.36. The van der Waals surface area contributed by atoms with Crippen LogP contribution >= 0.6 is 0 Å². The summed E-state index contributed by atoms with van der Waals surface area (Å²) in [6.45, 7) is 0.831. The van der Waals surface area contributed by atoms with Crippen molar-refractivity contribution in [1.29, 1.82) is 0 Å². The third kappa shape index (κ3) is 2.15. The molecule has 18 heavy (non-hydrogen) atoms. The van der Waals surface area contributed by atoms with Crippen LogP contribution < -0.4 is 5.73 Å². The summed E-state index contributed by atoms with van der Waals surface area (Å²) in [5, 5.41) is 10.1. The second-order valence-electron chi connectivity index (χ2n) is 4.71. The zero-order valence-corrected chi connectivity index (χ0v) is 9.94. The average Bonchev–Trinajstić information content (AvgIpc) is 2.84. The van der Waals surface area contributed by atoms with Crippen LogP contribution in [0, 0.1) is 0 Å². The number of fused-ring (bicyclic) bond motifs is 2. The zero-order chi connectivity index (χ0) is 12.5. The minimum atomic E-state index is -0.750. The van der Waals surface area contributed by atoms with E-state index in [0.29, 0.717) is 13.2 Å².